The molecule has 1 fully saturated rings. The number of pyridine rings is 1. The third-order valence-electron chi connectivity index (χ3n) is 5.07. The minimum atomic E-state index is -4.67. The van der Waals surface area contributed by atoms with Crippen LogP contribution in [0.3, 0.4) is 0 Å². The van der Waals surface area contributed by atoms with Gasteiger partial charge in [-0.3, -0.25) is 4.98 Å². The van der Waals surface area contributed by atoms with E-state index in [1.165, 1.54) is 0 Å². The molecule has 1 saturated heterocycles. The summed E-state index contributed by atoms with van der Waals surface area (Å²) >= 11 is 5.93. The van der Waals surface area contributed by atoms with Crippen LogP contribution in [0.25, 0.3) is 11.3 Å². The molecule has 0 bridgehead atoms. The molecule has 1 aromatic carbocycles. The topological polar surface area (TPSA) is 79.3 Å². The summed E-state index contributed by atoms with van der Waals surface area (Å²) in [7, 11) is -4.19. The van der Waals surface area contributed by atoms with E-state index >= 15 is 0 Å². The third-order valence-corrected chi connectivity index (χ3v) is 7.45. The highest BCUT2D eigenvalue weighted by Crippen LogP contribution is 2.34. The van der Waals surface area contributed by atoms with Crippen molar-refractivity contribution in [2.45, 2.75) is 11.1 Å². The van der Waals surface area contributed by atoms with E-state index in [4.69, 9.17) is 11.6 Å². The van der Waals surface area contributed by atoms with Crippen molar-refractivity contribution < 1.29 is 21.6 Å². The fourth-order valence-electron chi connectivity index (χ4n) is 3.34. The number of piperazine rings is 1. The number of benzene rings is 1. The largest absolute Gasteiger partial charge is 0.416 e. The van der Waals surface area contributed by atoms with Gasteiger partial charge >= 0.3 is 6.18 Å². The Balaban J connectivity index is 1.48. The Labute approximate surface area is 187 Å². The van der Waals surface area contributed by atoms with Gasteiger partial charge in [0.15, 0.2) is 5.82 Å². The van der Waals surface area contributed by atoms with Crippen molar-refractivity contribution in [3.63, 3.8) is 0 Å². The van der Waals surface area contributed by atoms with Crippen LogP contribution in [0.2, 0.25) is 5.02 Å². The van der Waals surface area contributed by atoms with Crippen LogP contribution in [0.1, 0.15) is 5.56 Å². The highest BCUT2D eigenvalue weighted by atomic mass is 35.5. The molecule has 0 amide bonds. The fraction of sp³-hybridized carbons (Fsp3) is 0.250. The molecule has 4 rings (SSSR count). The number of rotatable bonds is 4. The molecule has 0 aliphatic carbocycles. The Morgan fingerprint density at radius 1 is 0.906 bits per heavy atom. The van der Waals surface area contributed by atoms with Crippen LogP contribution in [0.4, 0.5) is 19.0 Å². The highest BCUT2D eigenvalue weighted by Gasteiger charge is 2.35. The number of aromatic nitrogens is 3. The van der Waals surface area contributed by atoms with Gasteiger partial charge in [0.25, 0.3) is 0 Å². The Kier molecular flexibility index (Phi) is 6.06. The number of halogens is 4. The fourth-order valence-corrected chi connectivity index (χ4v) is 5.27. The van der Waals surface area contributed by atoms with Crippen molar-refractivity contribution in [3.8, 4) is 11.3 Å². The van der Waals surface area contributed by atoms with Crippen LogP contribution in [-0.2, 0) is 16.2 Å². The second-order valence-corrected chi connectivity index (χ2v) is 9.36. The first kappa shape index (κ1) is 22.4. The predicted octanol–water partition coefficient (Wildman–Crippen LogP) is 3.72. The molecule has 12 heteroatoms. The first-order valence-corrected chi connectivity index (χ1v) is 11.3. The summed E-state index contributed by atoms with van der Waals surface area (Å²) in [4.78, 5) is 5.27. The number of anilines is 1. The van der Waals surface area contributed by atoms with Crippen LogP contribution in [0, 0.1) is 0 Å². The van der Waals surface area contributed by atoms with Gasteiger partial charge in [-0.2, -0.15) is 17.5 Å². The lowest BCUT2D eigenvalue weighted by Crippen LogP contribution is -2.49. The van der Waals surface area contributed by atoms with Crippen molar-refractivity contribution in [1.29, 1.82) is 0 Å². The number of hydrogen-bond acceptors (Lipinski definition) is 6. The van der Waals surface area contributed by atoms with E-state index in [2.05, 4.69) is 15.2 Å². The van der Waals surface area contributed by atoms with Crippen LogP contribution in [-0.4, -0.2) is 54.1 Å². The van der Waals surface area contributed by atoms with Gasteiger partial charge in [0.2, 0.25) is 10.0 Å². The van der Waals surface area contributed by atoms with E-state index in [0.717, 1.165) is 22.0 Å². The van der Waals surface area contributed by atoms with E-state index in [-0.39, 0.29) is 18.1 Å². The molecule has 1 aliphatic rings. The number of nitrogens with zero attached hydrogens (tertiary/aromatic N) is 5. The van der Waals surface area contributed by atoms with Crippen LogP contribution < -0.4 is 4.90 Å². The normalized spacial score (nSPS) is 15.7. The lowest BCUT2D eigenvalue weighted by molar-refractivity contribution is -0.137. The Hall–Kier alpha value is -2.76. The molecule has 32 heavy (non-hydrogen) atoms. The summed E-state index contributed by atoms with van der Waals surface area (Å²) in [5.41, 5.74) is 0.480. The lowest BCUT2D eigenvalue weighted by Gasteiger charge is -2.34. The van der Waals surface area contributed by atoms with E-state index in [1.807, 2.05) is 23.1 Å². The molecule has 0 N–H and O–H groups in total. The first-order chi connectivity index (χ1) is 15.2. The monoisotopic (exact) mass is 483 g/mol. The molecule has 168 valence electrons. The highest BCUT2D eigenvalue weighted by molar-refractivity contribution is 7.89. The van der Waals surface area contributed by atoms with Crippen LogP contribution in [0.5, 0.6) is 0 Å². The summed E-state index contributed by atoms with van der Waals surface area (Å²) in [5.74, 6) is 0.581. The van der Waals surface area contributed by atoms with Gasteiger partial charge in [-0.05, 0) is 42.5 Å². The van der Waals surface area contributed by atoms with Gasteiger partial charge in [-0.1, -0.05) is 11.6 Å². The molecule has 1 aliphatic heterocycles. The average Bonchev–Trinajstić information content (AvgIpc) is 2.79. The second kappa shape index (κ2) is 8.64. The van der Waals surface area contributed by atoms with E-state index in [0.29, 0.717) is 30.7 Å². The summed E-state index contributed by atoms with van der Waals surface area (Å²) in [5, 5.41) is 8.17. The number of alkyl halides is 3. The molecule has 0 unspecified atom stereocenters. The van der Waals surface area contributed by atoms with Gasteiger partial charge in [0, 0.05) is 44.1 Å². The van der Waals surface area contributed by atoms with Gasteiger partial charge in [0.05, 0.1) is 16.3 Å². The first-order valence-electron chi connectivity index (χ1n) is 9.52. The molecule has 7 nitrogen and oxygen atoms in total. The molecule has 0 radical (unpaired) electrons. The maximum atomic E-state index is 13.0. The molecule has 0 saturated carbocycles. The maximum Gasteiger partial charge on any atom is 0.416 e. The zero-order chi connectivity index (χ0) is 22.9. The van der Waals surface area contributed by atoms with Crippen molar-refractivity contribution in [2.75, 3.05) is 31.1 Å². The lowest BCUT2D eigenvalue weighted by atomic mass is 10.2. The maximum absolute atomic E-state index is 13.0. The predicted molar refractivity (Wildman–Crippen MR) is 113 cm³/mol. The van der Waals surface area contributed by atoms with Gasteiger partial charge in [-0.25, -0.2) is 8.42 Å². The Bertz CT molecular complexity index is 1200. The minimum Gasteiger partial charge on any atom is -0.352 e. The molecular formula is C20H17ClF3N5O2S. The molecule has 3 aromatic rings. The second-order valence-electron chi connectivity index (χ2n) is 7.05. The zero-order valence-corrected chi connectivity index (χ0v) is 18.1. The summed E-state index contributed by atoms with van der Waals surface area (Å²) < 4.78 is 66.1. The molecule has 3 heterocycles. The molecule has 2 aromatic heterocycles. The van der Waals surface area contributed by atoms with Gasteiger partial charge in [-0.15, -0.1) is 10.2 Å². The number of hydrogen-bond donors (Lipinski definition) is 0. The van der Waals surface area contributed by atoms with Crippen molar-refractivity contribution in [1.82, 2.24) is 19.5 Å². The van der Waals surface area contributed by atoms with E-state index in [1.54, 1.807) is 18.5 Å². The smallest absolute Gasteiger partial charge is 0.352 e. The molecule has 0 atom stereocenters. The van der Waals surface area contributed by atoms with E-state index < -0.39 is 26.7 Å². The Morgan fingerprint density at radius 3 is 2.19 bits per heavy atom. The standard InChI is InChI=1S/C20H17ClF3N5O2S/c21-16-2-1-15(20(22,23)24)13-18(16)32(30,31)29-11-9-28(10-12-29)19-4-3-17(26-27-19)14-5-7-25-8-6-14/h1-8,13H,9-12H2. The summed E-state index contributed by atoms with van der Waals surface area (Å²) in [6.45, 7) is 0.754. The average molecular weight is 484 g/mol. The van der Waals surface area contributed by atoms with Crippen LogP contribution >= 0.6 is 11.6 Å². The Morgan fingerprint density at radius 2 is 1.59 bits per heavy atom. The third kappa shape index (κ3) is 4.54. The SMILES string of the molecule is O=S(=O)(c1cc(C(F)(F)F)ccc1Cl)N1CCN(c2ccc(-c3ccncc3)nn2)CC1. The van der Waals surface area contributed by atoms with Crippen molar-refractivity contribution in [2.24, 2.45) is 0 Å². The van der Waals surface area contributed by atoms with Crippen molar-refractivity contribution >= 4 is 27.4 Å². The summed E-state index contributed by atoms with van der Waals surface area (Å²) in [6.07, 6.45) is -1.36. The van der Waals surface area contributed by atoms with E-state index in [9.17, 15) is 21.6 Å². The quantitative estimate of drug-likeness (QED) is 0.562. The van der Waals surface area contributed by atoms with Crippen LogP contribution in [0.15, 0.2) is 59.8 Å². The molecular weight excluding hydrogens is 467 g/mol. The molecule has 0 spiro atoms. The van der Waals surface area contributed by atoms with Gasteiger partial charge < -0.3 is 4.90 Å². The van der Waals surface area contributed by atoms with Gasteiger partial charge in [0.1, 0.15) is 4.90 Å². The summed E-state index contributed by atoms with van der Waals surface area (Å²) in [6, 6.07) is 9.51. The minimum absolute atomic E-state index is 0.0721. The number of sulfonamides is 1. The zero-order valence-electron chi connectivity index (χ0n) is 16.5. The van der Waals surface area contributed by atoms with Crippen molar-refractivity contribution in [3.05, 3.63) is 65.4 Å².